The van der Waals surface area contributed by atoms with Crippen molar-refractivity contribution in [3.8, 4) is 0 Å². The Morgan fingerprint density at radius 1 is 1.44 bits per heavy atom. The van der Waals surface area contributed by atoms with Gasteiger partial charge in [0.15, 0.2) is 0 Å². The van der Waals surface area contributed by atoms with Gasteiger partial charge in [-0.15, -0.1) is 0 Å². The number of aryl methyl sites for hydroxylation is 1. The molecule has 1 aliphatic rings. The Morgan fingerprint density at radius 2 is 2.28 bits per heavy atom. The summed E-state index contributed by atoms with van der Waals surface area (Å²) in [5.41, 5.74) is 0. The Kier molecular flexibility index (Phi) is 4.02. The molecule has 1 N–H and O–H groups in total. The van der Waals surface area contributed by atoms with Gasteiger partial charge in [0.05, 0.1) is 6.26 Å². The van der Waals surface area contributed by atoms with Crippen molar-refractivity contribution >= 4 is 11.9 Å². The highest BCUT2D eigenvalue weighted by Gasteiger charge is 2.31. The van der Waals surface area contributed by atoms with Crippen molar-refractivity contribution in [1.82, 2.24) is 4.90 Å². The summed E-state index contributed by atoms with van der Waals surface area (Å²) in [4.78, 5) is 24.6. The van der Waals surface area contributed by atoms with E-state index in [1.54, 1.807) is 12.3 Å². The van der Waals surface area contributed by atoms with Gasteiger partial charge >= 0.3 is 5.97 Å². The van der Waals surface area contributed by atoms with E-state index in [1.807, 2.05) is 6.07 Å². The van der Waals surface area contributed by atoms with Crippen molar-refractivity contribution in [3.05, 3.63) is 24.2 Å². The van der Waals surface area contributed by atoms with Crippen LogP contribution in [0.15, 0.2) is 22.8 Å². The highest BCUT2D eigenvalue weighted by atomic mass is 16.4. The van der Waals surface area contributed by atoms with Crippen LogP contribution >= 0.6 is 0 Å². The van der Waals surface area contributed by atoms with Gasteiger partial charge in [0.1, 0.15) is 11.8 Å². The van der Waals surface area contributed by atoms with E-state index in [0.717, 1.165) is 18.6 Å². The van der Waals surface area contributed by atoms with Crippen LogP contribution in [0.3, 0.4) is 0 Å². The van der Waals surface area contributed by atoms with Crippen molar-refractivity contribution in [2.45, 2.75) is 38.1 Å². The molecule has 1 aromatic rings. The summed E-state index contributed by atoms with van der Waals surface area (Å²) in [7, 11) is 0. The van der Waals surface area contributed by atoms with Crippen LogP contribution in [-0.2, 0) is 16.0 Å². The lowest BCUT2D eigenvalue weighted by Crippen LogP contribution is -2.48. The summed E-state index contributed by atoms with van der Waals surface area (Å²) in [6.07, 6.45) is 4.71. The van der Waals surface area contributed by atoms with Gasteiger partial charge in [0, 0.05) is 19.4 Å². The molecule has 1 amide bonds. The molecule has 2 heterocycles. The third kappa shape index (κ3) is 2.91. The molecular weight excluding hydrogens is 234 g/mol. The van der Waals surface area contributed by atoms with Crippen molar-refractivity contribution in [2.24, 2.45) is 0 Å². The second kappa shape index (κ2) is 5.71. The second-order valence-electron chi connectivity index (χ2n) is 4.52. The Bertz CT molecular complexity index is 413. The number of carboxylic acid groups (broad SMARTS) is 1. The fourth-order valence-corrected chi connectivity index (χ4v) is 2.32. The van der Waals surface area contributed by atoms with Gasteiger partial charge in [-0.2, -0.15) is 0 Å². The molecule has 98 valence electrons. The molecule has 0 aliphatic carbocycles. The average Bonchev–Trinajstić information content (AvgIpc) is 2.89. The van der Waals surface area contributed by atoms with Crippen LogP contribution in [0.25, 0.3) is 0 Å². The number of amides is 1. The molecule has 1 aromatic heterocycles. The van der Waals surface area contributed by atoms with E-state index < -0.39 is 12.0 Å². The highest BCUT2D eigenvalue weighted by Crippen LogP contribution is 2.19. The zero-order chi connectivity index (χ0) is 13.0. The summed E-state index contributed by atoms with van der Waals surface area (Å²) >= 11 is 0. The molecule has 5 heteroatoms. The summed E-state index contributed by atoms with van der Waals surface area (Å²) in [6, 6.07) is 2.95. The second-order valence-corrected chi connectivity index (χ2v) is 4.52. The maximum Gasteiger partial charge on any atom is 0.326 e. The van der Waals surface area contributed by atoms with Crippen molar-refractivity contribution < 1.29 is 19.1 Å². The molecule has 0 radical (unpaired) electrons. The molecule has 0 unspecified atom stereocenters. The molecule has 0 aromatic carbocycles. The summed E-state index contributed by atoms with van der Waals surface area (Å²) in [5.74, 6) is -0.244. The number of nitrogens with zero attached hydrogens (tertiary/aromatic N) is 1. The summed E-state index contributed by atoms with van der Waals surface area (Å²) in [5, 5.41) is 9.10. The van der Waals surface area contributed by atoms with E-state index in [-0.39, 0.29) is 5.91 Å². The van der Waals surface area contributed by atoms with Gasteiger partial charge in [0.25, 0.3) is 0 Å². The van der Waals surface area contributed by atoms with Crippen molar-refractivity contribution in [3.63, 3.8) is 0 Å². The number of rotatable bonds is 4. The molecule has 1 atom stereocenters. The van der Waals surface area contributed by atoms with Gasteiger partial charge in [0.2, 0.25) is 5.91 Å². The highest BCUT2D eigenvalue weighted by molar-refractivity contribution is 5.83. The van der Waals surface area contributed by atoms with Crippen LogP contribution < -0.4 is 0 Å². The lowest BCUT2D eigenvalue weighted by atomic mass is 10.0. The SMILES string of the molecule is O=C(O)[C@H]1CCCCN1C(=O)CCc1ccco1. The van der Waals surface area contributed by atoms with Crippen LogP contribution in [-0.4, -0.2) is 34.5 Å². The molecule has 1 saturated heterocycles. The first kappa shape index (κ1) is 12.7. The molecule has 0 saturated carbocycles. The number of furan rings is 1. The van der Waals surface area contributed by atoms with Gasteiger partial charge in [-0.3, -0.25) is 4.79 Å². The minimum atomic E-state index is -0.902. The minimum Gasteiger partial charge on any atom is -0.480 e. The number of carboxylic acids is 1. The molecule has 1 fully saturated rings. The maximum absolute atomic E-state index is 12.0. The monoisotopic (exact) mass is 251 g/mol. The number of hydrogen-bond acceptors (Lipinski definition) is 3. The number of aliphatic carboxylic acids is 1. The summed E-state index contributed by atoms with van der Waals surface area (Å²) < 4.78 is 5.16. The maximum atomic E-state index is 12.0. The molecule has 18 heavy (non-hydrogen) atoms. The topological polar surface area (TPSA) is 70.8 Å². The van der Waals surface area contributed by atoms with E-state index >= 15 is 0 Å². The number of carbonyl (C=O) groups is 2. The quantitative estimate of drug-likeness (QED) is 0.883. The third-order valence-electron chi connectivity index (χ3n) is 3.27. The van der Waals surface area contributed by atoms with Crippen LogP contribution in [0, 0.1) is 0 Å². The molecule has 0 spiro atoms. The zero-order valence-electron chi connectivity index (χ0n) is 10.2. The Balaban J connectivity index is 1.92. The fraction of sp³-hybridized carbons (Fsp3) is 0.538. The van der Waals surface area contributed by atoms with Crippen LogP contribution in [0.5, 0.6) is 0 Å². The van der Waals surface area contributed by atoms with Crippen molar-refractivity contribution in [1.29, 1.82) is 0 Å². The molecule has 0 bridgehead atoms. The standard InChI is InChI=1S/C13H17NO4/c15-12(7-6-10-4-3-9-18-10)14-8-2-1-5-11(14)13(16)17/h3-4,9,11H,1-2,5-8H2,(H,16,17)/t11-/m1/s1. The number of piperidine rings is 1. The van der Waals surface area contributed by atoms with E-state index in [0.29, 0.717) is 25.8 Å². The van der Waals surface area contributed by atoms with Gasteiger partial charge in [-0.05, 0) is 31.4 Å². The Labute approximate surface area is 105 Å². The first-order chi connectivity index (χ1) is 8.68. The van der Waals surface area contributed by atoms with Crippen LogP contribution in [0.2, 0.25) is 0 Å². The van der Waals surface area contributed by atoms with Gasteiger partial charge in [-0.1, -0.05) is 0 Å². The van der Waals surface area contributed by atoms with Crippen LogP contribution in [0.4, 0.5) is 0 Å². The lowest BCUT2D eigenvalue weighted by Gasteiger charge is -2.32. The Morgan fingerprint density at radius 3 is 2.94 bits per heavy atom. The van der Waals surface area contributed by atoms with Gasteiger partial charge in [-0.25, -0.2) is 4.79 Å². The molecule has 5 nitrogen and oxygen atoms in total. The zero-order valence-corrected chi connectivity index (χ0v) is 10.2. The molecule has 2 rings (SSSR count). The average molecular weight is 251 g/mol. The largest absolute Gasteiger partial charge is 0.480 e. The van der Waals surface area contributed by atoms with Gasteiger partial charge < -0.3 is 14.4 Å². The first-order valence-electron chi connectivity index (χ1n) is 6.23. The first-order valence-corrected chi connectivity index (χ1v) is 6.23. The normalized spacial score (nSPS) is 19.8. The van der Waals surface area contributed by atoms with E-state index in [9.17, 15) is 9.59 Å². The smallest absolute Gasteiger partial charge is 0.326 e. The van der Waals surface area contributed by atoms with E-state index in [2.05, 4.69) is 0 Å². The molecule has 1 aliphatic heterocycles. The van der Waals surface area contributed by atoms with E-state index in [1.165, 1.54) is 4.90 Å². The Hall–Kier alpha value is -1.78. The van der Waals surface area contributed by atoms with Crippen LogP contribution in [0.1, 0.15) is 31.4 Å². The third-order valence-corrected chi connectivity index (χ3v) is 3.27. The number of hydrogen-bond donors (Lipinski definition) is 1. The number of carbonyl (C=O) groups excluding carboxylic acids is 1. The van der Waals surface area contributed by atoms with E-state index in [4.69, 9.17) is 9.52 Å². The lowest BCUT2D eigenvalue weighted by molar-refractivity contribution is -0.152. The number of likely N-dealkylation sites (tertiary alicyclic amines) is 1. The predicted molar refractivity (Wildman–Crippen MR) is 64.0 cm³/mol. The predicted octanol–water partition coefficient (Wildman–Crippen LogP) is 1.68. The summed E-state index contributed by atoms with van der Waals surface area (Å²) in [6.45, 7) is 0.550. The fourth-order valence-electron chi connectivity index (χ4n) is 2.32. The molecular formula is C13H17NO4. The van der Waals surface area contributed by atoms with Crippen molar-refractivity contribution in [2.75, 3.05) is 6.54 Å². The minimum absolute atomic E-state index is 0.0986.